The Morgan fingerprint density at radius 1 is 1.47 bits per heavy atom. The molecule has 5 nitrogen and oxygen atoms in total. The quantitative estimate of drug-likeness (QED) is 0.677. The van der Waals surface area contributed by atoms with Gasteiger partial charge in [-0.2, -0.15) is 0 Å². The first-order valence-electron chi connectivity index (χ1n) is 6.50. The maximum atomic E-state index is 11.5. The van der Waals surface area contributed by atoms with Gasteiger partial charge in [-0.15, -0.1) is 0 Å². The molecule has 0 bridgehead atoms. The van der Waals surface area contributed by atoms with E-state index in [2.05, 4.69) is 15.1 Å². The average Bonchev–Trinajstić information content (AvgIpc) is 2.75. The minimum Gasteiger partial charge on any atom is -0.368 e. The van der Waals surface area contributed by atoms with Gasteiger partial charge >= 0.3 is 0 Å². The topological polar surface area (TPSA) is 61.6 Å². The molecule has 2 atom stereocenters. The van der Waals surface area contributed by atoms with Crippen LogP contribution in [0.1, 0.15) is 19.8 Å². The molecule has 2 heterocycles. The van der Waals surface area contributed by atoms with Crippen molar-refractivity contribution in [2.45, 2.75) is 31.3 Å². The first-order valence-corrected chi connectivity index (χ1v) is 6.50. The Balaban J connectivity index is 1.93. The lowest BCUT2D eigenvalue weighted by molar-refractivity contribution is -0.124. The van der Waals surface area contributed by atoms with Crippen LogP contribution in [0.5, 0.6) is 0 Å². The summed E-state index contributed by atoms with van der Waals surface area (Å²) < 4.78 is 0. The Kier molecular flexibility index (Phi) is 3.70. The van der Waals surface area contributed by atoms with Crippen molar-refractivity contribution in [2.24, 2.45) is 5.73 Å². The summed E-state index contributed by atoms with van der Waals surface area (Å²) in [6, 6.07) is 0.692. The number of nitrogens with two attached hydrogens (primary N) is 1. The van der Waals surface area contributed by atoms with Gasteiger partial charge in [0.25, 0.3) is 0 Å². The predicted octanol–water partition coefficient (Wildman–Crippen LogP) is -0.770. The maximum Gasteiger partial charge on any atom is 0.238 e. The van der Waals surface area contributed by atoms with Crippen LogP contribution in [0.15, 0.2) is 0 Å². The van der Waals surface area contributed by atoms with Gasteiger partial charge in [-0.25, -0.2) is 0 Å². The van der Waals surface area contributed by atoms with Crippen LogP contribution in [-0.4, -0.2) is 67.1 Å². The van der Waals surface area contributed by atoms with Crippen LogP contribution >= 0.6 is 0 Å². The third kappa shape index (κ3) is 2.61. The van der Waals surface area contributed by atoms with Crippen LogP contribution in [0, 0.1) is 0 Å². The fraction of sp³-hybridized carbons (Fsp3) is 0.917. The highest BCUT2D eigenvalue weighted by atomic mass is 16.1. The minimum atomic E-state index is -0.610. The fourth-order valence-corrected chi connectivity index (χ4v) is 2.93. The summed E-state index contributed by atoms with van der Waals surface area (Å²) in [7, 11) is 1.80. The van der Waals surface area contributed by atoms with Gasteiger partial charge in [-0.3, -0.25) is 14.6 Å². The summed E-state index contributed by atoms with van der Waals surface area (Å²) in [5.74, 6) is -0.270. The molecule has 0 aromatic heterocycles. The highest BCUT2D eigenvalue weighted by Crippen LogP contribution is 2.22. The van der Waals surface area contributed by atoms with Crippen molar-refractivity contribution in [2.75, 3.05) is 39.8 Å². The lowest BCUT2D eigenvalue weighted by Gasteiger charge is -2.41. The Labute approximate surface area is 103 Å². The maximum absolute atomic E-state index is 11.5. The second-order valence-corrected chi connectivity index (χ2v) is 5.51. The summed E-state index contributed by atoms with van der Waals surface area (Å²) in [4.78, 5) is 16.4. The number of amides is 1. The molecule has 2 unspecified atom stereocenters. The molecule has 5 heteroatoms. The SMILES string of the molecule is CNC(C)(CN1CCN2CCCC2C1)C(N)=O. The first kappa shape index (κ1) is 12.8. The number of hydrogen-bond donors (Lipinski definition) is 2. The van der Waals surface area contributed by atoms with E-state index in [4.69, 9.17) is 5.73 Å². The van der Waals surface area contributed by atoms with E-state index in [1.54, 1.807) is 7.05 Å². The summed E-state index contributed by atoms with van der Waals surface area (Å²) in [6.07, 6.45) is 2.61. The standard InChI is InChI=1S/C12H24N4O/c1-12(14-2,11(13)17)9-15-6-7-16-5-3-4-10(16)8-15/h10,14H,3-9H2,1-2H3,(H2,13,17). The molecule has 2 saturated heterocycles. The normalized spacial score (nSPS) is 29.9. The van der Waals surface area contributed by atoms with Crippen molar-refractivity contribution >= 4 is 5.91 Å². The number of carbonyl (C=O) groups is 1. The monoisotopic (exact) mass is 240 g/mol. The number of nitrogens with one attached hydrogen (secondary N) is 1. The van der Waals surface area contributed by atoms with E-state index in [9.17, 15) is 4.79 Å². The van der Waals surface area contributed by atoms with Crippen molar-refractivity contribution in [3.8, 4) is 0 Å². The van der Waals surface area contributed by atoms with Gasteiger partial charge in [-0.1, -0.05) is 0 Å². The van der Waals surface area contributed by atoms with E-state index in [0.717, 1.165) is 19.6 Å². The van der Waals surface area contributed by atoms with E-state index in [1.165, 1.54) is 19.4 Å². The summed E-state index contributed by atoms with van der Waals surface area (Å²) in [5.41, 5.74) is 4.86. The molecular weight excluding hydrogens is 216 g/mol. The molecule has 0 aromatic rings. The molecule has 2 fully saturated rings. The molecule has 17 heavy (non-hydrogen) atoms. The first-order chi connectivity index (χ1) is 8.05. The van der Waals surface area contributed by atoms with E-state index in [-0.39, 0.29) is 5.91 Å². The number of piperazine rings is 1. The number of carbonyl (C=O) groups excluding carboxylic acids is 1. The predicted molar refractivity (Wildman–Crippen MR) is 67.7 cm³/mol. The van der Waals surface area contributed by atoms with E-state index in [1.807, 2.05) is 6.92 Å². The Hall–Kier alpha value is -0.650. The molecule has 0 aromatic carbocycles. The lowest BCUT2D eigenvalue weighted by atomic mass is 10.00. The van der Waals surface area contributed by atoms with Crippen LogP contribution in [0.3, 0.4) is 0 Å². The Bertz CT molecular complexity index is 296. The van der Waals surface area contributed by atoms with Crippen LogP contribution in [-0.2, 0) is 4.79 Å². The highest BCUT2D eigenvalue weighted by Gasteiger charge is 2.36. The number of nitrogens with zero attached hydrogens (tertiary/aromatic N) is 2. The smallest absolute Gasteiger partial charge is 0.238 e. The molecule has 0 spiro atoms. The fourth-order valence-electron chi connectivity index (χ4n) is 2.93. The van der Waals surface area contributed by atoms with Crippen molar-refractivity contribution in [1.29, 1.82) is 0 Å². The molecule has 0 saturated carbocycles. The van der Waals surface area contributed by atoms with Gasteiger partial charge in [0, 0.05) is 32.2 Å². The van der Waals surface area contributed by atoms with Crippen LogP contribution < -0.4 is 11.1 Å². The molecule has 1 amide bonds. The number of hydrogen-bond acceptors (Lipinski definition) is 4. The van der Waals surface area contributed by atoms with Crippen molar-refractivity contribution in [3.63, 3.8) is 0 Å². The molecule has 98 valence electrons. The third-order valence-corrected chi connectivity index (χ3v) is 4.31. The Morgan fingerprint density at radius 3 is 2.88 bits per heavy atom. The van der Waals surface area contributed by atoms with Gasteiger partial charge in [0.1, 0.15) is 5.54 Å². The number of primary amides is 1. The molecule has 2 rings (SSSR count). The number of fused-ring (bicyclic) bond motifs is 1. The van der Waals surface area contributed by atoms with Gasteiger partial charge in [-0.05, 0) is 33.4 Å². The molecular formula is C12H24N4O. The summed E-state index contributed by atoms with van der Waals surface area (Å²) in [6.45, 7) is 7.09. The van der Waals surface area contributed by atoms with Crippen LogP contribution in [0.4, 0.5) is 0 Å². The van der Waals surface area contributed by atoms with Crippen molar-refractivity contribution in [1.82, 2.24) is 15.1 Å². The zero-order chi connectivity index (χ0) is 12.5. The summed E-state index contributed by atoms with van der Waals surface area (Å²) >= 11 is 0. The lowest BCUT2D eigenvalue weighted by Crippen LogP contribution is -2.61. The molecule has 0 aliphatic carbocycles. The summed E-state index contributed by atoms with van der Waals surface area (Å²) in [5, 5.41) is 3.06. The minimum absolute atomic E-state index is 0.270. The zero-order valence-corrected chi connectivity index (χ0v) is 10.9. The van der Waals surface area contributed by atoms with Gasteiger partial charge in [0.15, 0.2) is 0 Å². The molecule has 3 N–H and O–H groups in total. The van der Waals surface area contributed by atoms with Gasteiger partial charge < -0.3 is 11.1 Å². The van der Waals surface area contributed by atoms with Crippen molar-refractivity contribution < 1.29 is 4.79 Å². The van der Waals surface area contributed by atoms with Crippen LogP contribution in [0.25, 0.3) is 0 Å². The molecule has 0 radical (unpaired) electrons. The Morgan fingerprint density at radius 2 is 2.24 bits per heavy atom. The molecule has 2 aliphatic rings. The van der Waals surface area contributed by atoms with Gasteiger partial charge in [0.05, 0.1) is 0 Å². The highest BCUT2D eigenvalue weighted by molar-refractivity contribution is 5.84. The average molecular weight is 240 g/mol. The second-order valence-electron chi connectivity index (χ2n) is 5.51. The van der Waals surface area contributed by atoms with Crippen molar-refractivity contribution in [3.05, 3.63) is 0 Å². The number of rotatable bonds is 4. The van der Waals surface area contributed by atoms with E-state index < -0.39 is 5.54 Å². The third-order valence-electron chi connectivity index (χ3n) is 4.31. The van der Waals surface area contributed by atoms with Gasteiger partial charge in [0.2, 0.25) is 5.91 Å². The largest absolute Gasteiger partial charge is 0.368 e. The van der Waals surface area contributed by atoms with Crippen LogP contribution in [0.2, 0.25) is 0 Å². The number of likely N-dealkylation sites (N-methyl/N-ethyl adjacent to an activating group) is 1. The zero-order valence-electron chi connectivity index (χ0n) is 10.9. The second kappa shape index (κ2) is 4.92. The molecule has 2 aliphatic heterocycles. The van der Waals surface area contributed by atoms with E-state index in [0.29, 0.717) is 12.6 Å². The van der Waals surface area contributed by atoms with E-state index >= 15 is 0 Å².